The van der Waals surface area contributed by atoms with Crippen LogP contribution in [0.5, 0.6) is 5.75 Å². The van der Waals surface area contributed by atoms with Crippen molar-refractivity contribution in [1.82, 2.24) is 5.32 Å². The van der Waals surface area contributed by atoms with Crippen molar-refractivity contribution < 1.29 is 19.4 Å². The number of phenols is 1. The van der Waals surface area contributed by atoms with Crippen LogP contribution >= 0.6 is 22.9 Å². The molecule has 1 heterocycles. The number of hydrogen-bond donors (Lipinski definition) is 2. The highest BCUT2D eigenvalue weighted by Gasteiger charge is 2.14. The number of esters is 1. The molecule has 110 valence electrons. The number of phenolic OH excluding ortho intramolecular Hbond substituents is 1. The molecule has 2 N–H and O–H groups in total. The zero-order valence-electron chi connectivity index (χ0n) is 10.8. The second kappa shape index (κ2) is 7.10. The fraction of sp³-hybridized carbons (Fsp3) is 0.143. The number of nitrogens with one attached hydrogen (secondary N) is 1. The summed E-state index contributed by atoms with van der Waals surface area (Å²) in [5.41, 5.74) is -0.0366. The van der Waals surface area contributed by atoms with Crippen molar-refractivity contribution in [2.75, 3.05) is 6.61 Å². The van der Waals surface area contributed by atoms with E-state index in [1.165, 1.54) is 29.5 Å². The molecule has 7 heteroatoms. The molecule has 0 atom stereocenters. The van der Waals surface area contributed by atoms with Crippen molar-refractivity contribution in [3.05, 3.63) is 51.2 Å². The number of benzene rings is 1. The number of ether oxygens (including phenoxy) is 1. The Bertz CT molecular complexity index is 642. The molecular weight excluding hydrogens is 314 g/mol. The van der Waals surface area contributed by atoms with Gasteiger partial charge in [0.15, 0.2) is 6.61 Å². The Labute approximate surface area is 130 Å². The first-order valence-electron chi connectivity index (χ1n) is 6.01. The van der Waals surface area contributed by atoms with Gasteiger partial charge in [-0.2, -0.15) is 0 Å². The van der Waals surface area contributed by atoms with Gasteiger partial charge in [-0.1, -0.05) is 17.7 Å². The fourth-order valence-corrected chi connectivity index (χ4v) is 2.35. The van der Waals surface area contributed by atoms with Gasteiger partial charge in [-0.05, 0) is 29.6 Å². The van der Waals surface area contributed by atoms with Gasteiger partial charge in [0.05, 0.1) is 6.54 Å². The van der Waals surface area contributed by atoms with Gasteiger partial charge >= 0.3 is 5.97 Å². The number of thiophene rings is 1. The van der Waals surface area contributed by atoms with E-state index in [4.69, 9.17) is 16.3 Å². The normalized spacial score (nSPS) is 10.1. The van der Waals surface area contributed by atoms with E-state index < -0.39 is 18.5 Å². The van der Waals surface area contributed by atoms with E-state index in [9.17, 15) is 14.7 Å². The number of hydrogen-bond acceptors (Lipinski definition) is 5. The minimum Gasteiger partial charge on any atom is -0.507 e. The highest BCUT2D eigenvalue weighted by atomic mass is 35.5. The molecule has 0 unspecified atom stereocenters. The van der Waals surface area contributed by atoms with Gasteiger partial charge in [0, 0.05) is 9.90 Å². The van der Waals surface area contributed by atoms with Gasteiger partial charge in [-0.15, -0.1) is 11.3 Å². The molecule has 0 fully saturated rings. The molecule has 0 aliphatic carbocycles. The van der Waals surface area contributed by atoms with Gasteiger partial charge in [0.25, 0.3) is 5.91 Å². The van der Waals surface area contributed by atoms with Crippen molar-refractivity contribution in [1.29, 1.82) is 0 Å². The molecule has 5 nitrogen and oxygen atoms in total. The summed E-state index contributed by atoms with van der Waals surface area (Å²) in [6, 6.07) is 7.80. The average molecular weight is 326 g/mol. The molecule has 1 aromatic carbocycles. The topological polar surface area (TPSA) is 75.6 Å². The van der Waals surface area contributed by atoms with E-state index >= 15 is 0 Å². The lowest BCUT2D eigenvalue weighted by Crippen LogP contribution is -2.28. The first kappa shape index (κ1) is 15.3. The van der Waals surface area contributed by atoms with Crippen LogP contribution in [0.1, 0.15) is 15.2 Å². The lowest BCUT2D eigenvalue weighted by Gasteiger charge is -2.07. The summed E-state index contributed by atoms with van der Waals surface area (Å²) in [5, 5.41) is 14.4. The molecule has 21 heavy (non-hydrogen) atoms. The van der Waals surface area contributed by atoms with Gasteiger partial charge < -0.3 is 15.2 Å². The van der Waals surface area contributed by atoms with E-state index in [-0.39, 0.29) is 11.3 Å². The minimum absolute atomic E-state index is 0.0366. The Balaban J connectivity index is 1.81. The first-order chi connectivity index (χ1) is 10.1. The Morgan fingerprint density at radius 2 is 2.14 bits per heavy atom. The quantitative estimate of drug-likeness (QED) is 0.828. The van der Waals surface area contributed by atoms with Crippen molar-refractivity contribution in [2.24, 2.45) is 0 Å². The molecule has 2 aromatic rings. The number of amides is 1. The fourth-order valence-electron chi connectivity index (χ4n) is 1.54. The maximum Gasteiger partial charge on any atom is 0.342 e. The van der Waals surface area contributed by atoms with Crippen LogP contribution in [-0.4, -0.2) is 23.6 Å². The molecule has 1 aromatic heterocycles. The Morgan fingerprint density at radius 3 is 2.81 bits per heavy atom. The van der Waals surface area contributed by atoms with Crippen LogP contribution in [0, 0.1) is 0 Å². The van der Waals surface area contributed by atoms with Crippen LogP contribution in [0.15, 0.2) is 35.7 Å². The number of rotatable bonds is 5. The van der Waals surface area contributed by atoms with Gasteiger partial charge in [-0.25, -0.2) is 4.79 Å². The van der Waals surface area contributed by atoms with Gasteiger partial charge in [0.1, 0.15) is 11.3 Å². The second-order valence-electron chi connectivity index (χ2n) is 4.09. The second-order valence-corrected chi connectivity index (χ2v) is 5.56. The standard InChI is InChI=1S/C14H12ClNO4S/c15-9-3-4-11(12(17)6-9)14(19)20-8-13(18)16-7-10-2-1-5-21-10/h1-6,17H,7-8H2,(H,16,18). The van der Waals surface area contributed by atoms with Crippen LogP contribution in [0.4, 0.5) is 0 Å². The molecule has 2 rings (SSSR count). The zero-order chi connectivity index (χ0) is 15.2. The summed E-state index contributed by atoms with van der Waals surface area (Å²) in [5.74, 6) is -1.48. The third kappa shape index (κ3) is 4.47. The van der Waals surface area contributed by atoms with E-state index in [0.29, 0.717) is 11.6 Å². The third-order valence-corrected chi connectivity index (χ3v) is 3.67. The molecule has 0 aliphatic rings. The Kier molecular flexibility index (Phi) is 5.19. The SMILES string of the molecule is O=C(COC(=O)c1ccc(Cl)cc1O)NCc1cccs1. The van der Waals surface area contributed by atoms with Crippen LogP contribution < -0.4 is 5.32 Å². The molecule has 0 saturated heterocycles. The highest BCUT2D eigenvalue weighted by Crippen LogP contribution is 2.22. The number of aromatic hydroxyl groups is 1. The smallest absolute Gasteiger partial charge is 0.342 e. The summed E-state index contributed by atoms with van der Waals surface area (Å²) >= 11 is 7.19. The number of carbonyl (C=O) groups excluding carboxylic acids is 2. The highest BCUT2D eigenvalue weighted by molar-refractivity contribution is 7.09. The first-order valence-corrected chi connectivity index (χ1v) is 7.27. The molecular formula is C14H12ClNO4S. The predicted molar refractivity (Wildman–Crippen MR) is 79.6 cm³/mol. The Morgan fingerprint density at radius 1 is 1.33 bits per heavy atom. The summed E-state index contributed by atoms with van der Waals surface area (Å²) < 4.78 is 4.83. The Hall–Kier alpha value is -2.05. The number of carbonyl (C=O) groups is 2. The molecule has 0 aliphatic heterocycles. The van der Waals surface area contributed by atoms with E-state index in [1.807, 2.05) is 17.5 Å². The van der Waals surface area contributed by atoms with Crippen molar-refractivity contribution in [2.45, 2.75) is 6.54 Å². The van der Waals surface area contributed by atoms with E-state index in [0.717, 1.165) is 4.88 Å². The minimum atomic E-state index is -0.782. The molecule has 0 bridgehead atoms. The van der Waals surface area contributed by atoms with Crippen LogP contribution in [0.2, 0.25) is 5.02 Å². The maximum absolute atomic E-state index is 11.7. The molecule has 0 radical (unpaired) electrons. The van der Waals surface area contributed by atoms with Gasteiger partial charge in [0.2, 0.25) is 0 Å². The number of halogens is 1. The maximum atomic E-state index is 11.7. The average Bonchev–Trinajstić information content (AvgIpc) is 2.95. The van der Waals surface area contributed by atoms with Crippen LogP contribution in [0.25, 0.3) is 0 Å². The molecule has 1 amide bonds. The van der Waals surface area contributed by atoms with Crippen molar-refractivity contribution in [3.63, 3.8) is 0 Å². The lowest BCUT2D eigenvalue weighted by molar-refractivity contribution is -0.124. The lowest BCUT2D eigenvalue weighted by atomic mass is 10.2. The summed E-state index contributed by atoms with van der Waals surface area (Å²) in [4.78, 5) is 24.3. The summed E-state index contributed by atoms with van der Waals surface area (Å²) in [6.45, 7) is -0.0213. The van der Waals surface area contributed by atoms with E-state index in [1.54, 1.807) is 0 Å². The molecule has 0 saturated carbocycles. The van der Waals surface area contributed by atoms with Crippen molar-refractivity contribution in [3.8, 4) is 5.75 Å². The largest absolute Gasteiger partial charge is 0.507 e. The van der Waals surface area contributed by atoms with Crippen LogP contribution in [-0.2, 0) is 16.1 Å². The zero-order valence-corrected chi connectivity index (χ0v) is 12.4. The van der Waals surface area contributed by atoms with Gasteiger partial charge in [-0.3, -0.25) is 4.79 Å². The van der Waals surface area contributed by atoms with Crippen molar-refractivity contribution >= 4 is 34.8 Å². The van der Waals surface area contributed by atoms with Crippen LogP contribution in [0.3, 0.4) is 0 Å². The summed E-state index contributed by atoms with van der Waals surface area (Å²) in [7, 11) is 0. The van der Waals surface area contributed by atoms with E-state index in [2.05, 4.69) is 5.32 Å². The monoisotopic (exact) mass is 325 g/mol. The predicted octanol–water partition coefficient (Wildman–Crippen LogP) is 2.58. The summed E-state index contributed by atoms with van der Waals surface area (Å²) in [6.07, 6.45) is 0. The molecule has 0 spiro atoms. The third-order valence-electron chi connectivity index (χ3n) is 2.55.